The highest BCUT2D eigenvalue weighted by molar-refractivity contribution is 5.81. The molecule has 1 unspecified atom stereocenters. The number of Topliss-reactive ketones (excluding diaryl/α,β-unsaturated/α-hetero) is 1. The van der Waals surface area contributed by atoms with Gasteiger partial charge in [0, 0.05) is 25.4 Å². The molecule has 0 radical (unpaired) electrons. The van der Waals surface area contributed by atoms with Crippen LogP contribution in [0.5, 0.6) is 0 Å². The summed E-state index contributed by atoms with van der Waals surface area (Å²) in [6.07, 6.45) is 8.71. The van der Waals surface area contributed by atoms with Gasteiger partial charge >= 0.3 is 0 Å². The van der Waals surface area contributed by atoms with Gasteiger partial charge in [0.25, 0.3) is 0 Å². The van der Waals surface area contributed by atoms with E-state index in [4.69, 9.17) is 0 Å². The molecule has 2 saturated carbocycles. The summed E-state index contributed by atoms with van der Waals surface area (Å²) in [5.41, 5.74) is 0.720. The van der Waals surface area contributed by atoms with E-state index in [0.29, 0.717) is 11.7 Å². The van der Waals surface area contributed by atoms with E-state index < -0.39 is 0 Å². The van der Waals surface area contributed by atoms with Crippen LogP contribution in [-0.2, 0) is 4.79 Å². The third kappa shape index (κ3) is 1.96. The average Bonchev–Trinajstić information content (AvgIpc) is 2.85. The first-order valence-corrected chi connectivity index (χ1v) is 6.53. The van der Waals surface area contributed by atoms with Crippen molar-refractivity contribution in [2.24, 2.45) is 11.3 Å². The molecule has 2 nitrogen and oxygen atoms in total. The van der Waals surface area contributed by atoms with Gasteiger partial charge in [0.1, 0.15) is 5.78 Å². The Kier molecular flexibility index (Phi) is 2.35. The Hall–Kier alpha value is -0.370. The molecule has 15 heavy (non-hydrogen) atoms. The second-order valence-corrected chi connectivity index (χ2v) is 5.89. The Bertz CT molecular complexity index is 270. The van der Waals surface area contributed by atoms with Gasteiger partial charge in [-0.2, -0.15) is 0 Å². The zero-order valence-electron chi connectivity index (χ0n) is 9.50. The molecule has 0 aromatic rings. The molecule has 1 heterocycles. The van der Waals surface area contributed by atoms with E-state index in [-0.39, 0.29) is 0 Å². The number of hydrogen-bond donors (Lipinski definition) is 0. The molecule has 1 aliphatic heterocycles. The number of ketones is 1. The summed E-state index contributed by atoms with van der Waals surface area (Å²) in [5.74, 6) is 0.922. The van der Waals surface area contributed by atoms with Crippen LogP contribution in [0.2, 0.25) is 0 Å². The highest BCUT2D eigenvalue weighted by Gasteiger charge is 2.47. The van der Waals surface area contributed by atoms with Gasteiger partial charge in [-0.1, -0.05) is 6.42 Å². The van der Waals surface area contributed by atoms with Gasteiger partial charge in [0.2, 0.25) is 0 Å². The SMILES string of the molecule is O=C1CCCCC1CN1CCC2(CC2)C1. The summed E-state index contributed by atoms with van der Waals surface area (Å²) in [6.45, 7) is 3.61. The summed E-state index contributed by atoms with van der Waals surface area (Å²) < 4.78 is 0. The van der Waals surface area contributed by atoms with E-state index >= 15 is 0 Å². The fourth-order valence-corrected chi connectivity index (χ4v) is 3.33. The van der Waals surface area contributed by atoms with Gasteiger partial charge in [0.15, 0.2) is 0 Å². The lowest BCUT2D eigenvalue weighted by Gasteiger charge is -2.25. The quantitative estimate of drug-likeness (QED) is 0.692. The van der Waals surface area contributed by atoms with E-state index in [1.54, 1.807) is 0 Å². The zero-order chi connectivity index (χ0) is 10.3. The largest absolute Gasteiger partial charge is 0.302 e. The van der Waals surface area contributed by atoms with E-state index in [1.165, 1.54) is 38.8 Å². The lowest BCUT2D eigenvalue weighted by molar-refractivity contribution is -0.125. The standard InChI is InChI=1S/C13H21NO/c15-12-4-2-1-3-11(12)9-14-8-7-13(10-14)5-6-13/h11H,1-10H2. The highest BCUT2D eigenvalue weighted by atomic mass is 16.1. The molecule has 3 rings (SSSR count). The van der Waals surface area contributed by atoms with Crippen molar-refractivity contribution in [3.05, 3.63) is 0 Å². The van der Waals surface area contributed by atoms with Gasteiger partial charge in [-0.25, -0.2) is 0 Å². The fourth-order valence-electron chi connectivity index (χ4n) is 3.33. The Morgan fingerprint density at radius 1 is 1.27 bits per heavy atom. The van der Waals surface area contributed by atoms with Crippen molar-refractivity contribution >= 4 is 5.78 Å². The van der Waals surface area contributed by atoms with Crippen molar-refractivity contribution in [3.63, 3.8) is 0 Å². The Balaban J connectivity index is 1.54. The minimum atomic E-state index is 0.382. The van der Waals surface area contributed by atoms with Gasteiger partial charge < -0.3 is 4.90 Å². The number of hydrogen-bond acceptors (Lipinski definition) is 2. The lowest BCUT2D eigenvalue weighted by atomic mass is 9.87. The summed E-state index contributed by atoms with van der Waals surface area (Å²) >= 11 is 0. The van der Waals surface area contributed by atoms with Crippen molar-refractivity contribution in [1.29, 1.82) is 0 Å². The van der Waals surface area contributed by atoms with Crippen LogP contribution in [0.4, 0.5) is 0 Å². The summed E-state index contributed by atoms with van der Waals surface area (Å²) in [4.78, 5) is 14.3. The van der Waals surface area contributed by atoms with E-state index in [1.807, 2.05) is 0 Å². The second kappa shape index (κ2) is 3.58. The normalized spacial score (nSPS) is 34.9. The zero-order valence-corrected chi connectivity index (χ0v) is 9.50. The topological polar surface area (TPSA) is 20.3 Å². The van der Waals surface area contributed by atoms with Crippen molar-refractivity contribution < 1.29 is 4.79 Å². The molecule has 1 saturated heterocycles. The summed E-state index contributed by atoms with van der Waals surface area (Å²) in [7, 11) is 0. The van der Waals surface area contributed by atoms with Crippen LogP contribution >= 0.6 is 0 Å². The average molecular weight is 207 g/mol. The molecule has 0 bridgehead atoms. The van der Waals surface area contributed by atoms with Crippen LogP contribution < -0.4 is 0 Å². The number of rotatable bonds is 2. The van der Waals surface area contributed by atoms with Gasteiger partial charge in [-0.05, 0) is 44.1 Å². The Morgan fingerprint density at radius 3 is 2.80 bits per heavy atom. The third-order valence-electron chi connectivity index (χ3n) is 4.63. The fraction of sp³-hybridized carbons (Fsp3) is 0.923. The molecule has 3 aliphatic rings. The van der Waals surface area contributed by atoms with E-state index in [9.17, 15) is 4.79 Å². The molecule has 1 atom stereocenters. The third-order valence-corrected chi connectivity index (χ3v) is 4.63. The first-order chi connectivity index (χ1) is 7.27. The van der Waals surface area contributed by atoms with Gasteiger partial charge in [0.05, 0.1) is 0 Å². The molecule has 0 amide bonds. The maximum atomic E-state index is 11.7. The highest BCUT2D eigenvalue weighted by Crippen LogP contribution is 2.52. The predicted octanol–water partition coefficient (Wildman–Crippen LogP) is 2.23. The second-order valence-electron chi connectivity index (χ2n) is 5.89. The van der Waals surface area contributed by atoms with Crippen LogP contribution in [0.25, 0.3) is 0 Å². The molecule has 2 aliphatic carbocycles. The first-order valence-electron chi connectivity index (χ1n) is 6.53. The van der Waals surface area contributed by atoms with Crippen molar-refractivity contribution in [1.82, 2.24) is 4.90 Å². The minimum Gasteiger partial charge on any atom is -0.302 e. The van der Waals surface area contributed by atoms with E-state index in [2.05, 4.69) is 4.90 Å². The number of carbonyl (C=O) groups excluding carboxylic acids is 1. The van der Waals surface area contributed by atoms with Crippen molar-refractivity contribution in [2.75, 3.05) is 19.6 Å². The van der Waals surface area contributed by atoms with Crippen molar-refractivity contribution in [2.45, 2.75) is 44.9 Å². The van der Waals surface area contributed by atoms with Crippen LogP contribution in [0.1, 0.15) is 44.9 Å². The van der Waals surface area contributed by atoms with E-state index in [0.717, 1.165) is 31.2 Å². The molecule has 0 aromatic carbocycles. The van der Waals surface area contributed by atoms with Crippen LogP contribution in [0.3, 0.4) is 0 Å². The monoisotopic (exact) mass is 207 g/mol. The Morgan fingerprint density at radius 2 is 2.13 bits per heavy atom. The molecule has 0 N–H and O–H groups in total. The summed E-state index contributed by atoms with van der Waals surface area (Å²) in [5, 5.41) is 0. The van der Waals surface area contributed by atoms with Crippen LogP contribution in [-0.4, -0.2) is 30.3 Å². The Labute approximate surface area is 92.0 Å². The van der Waals surface area contributed by atoms with Crippen molar-refractivity contribution in [3.8, 4) is 0 Å². The molecule has 84 valence electrons. The molecule has 1 spiro atoms. The van der Waals surface area contributed by atoms with Crippen LogP contribution in [0, 0.1) is 11.3 Å². The molecular formula is C13H21NO. The number of nitrogens with zero attached hydrogens (tertiary/aromatic N) is 1. The maximum absolute atomic E-state index is 11.7. The molecule has 0 aromatic heterocycles. The molecule has 2 heteroatoms. The minimum absolute atomic E-state index is 0.382. The van der Waals surface area contributed by atoms with Gasteiger partial charge in [-0.15, -0.1) is 0 Å². The molecule has 3 fully saturated rings. The number of likely N-dealkylation sites (tertiary alicyclic amines) is 1. The number of carbonyl (C=O) groups is 1. The predicted molar refractivity (Wildman–Crippen MR) is 59.7 cm³/mol. The summed E-state index contributed by atoms with van der Waals surface area (Å²) in [6, 6.07) is 0. The van der Waals surface area contributed by atoms with Crippen LogP contribution in [0.15, 0.2) is 0 Å². The maximum Gasteiger partial charge on any atom is 0.137 e. The first kappa shape index (κ1) is 9.83. The smallest absolute Gasteiger partial charge is 0.137 e. The lowest BCUT2D eigenvalue weighted by Crippen LogP contribution is -2.33. The molecular weight excluding hydrogens is 186 g/mol. The van der Waals surface area contributed by atoms with Gasteiger partial charge in [-0.3, -0.25) is 4.79 Å².